The van der Waals surface area contributed by atoms with Crippen molar-refractivity contribution in [3.8, 4) is 0 Å². The fraction of sp³-hybridized carbons (Fsp3) is 1.00. The van der Waals surface area contributed by atoms with Crippen molar-refractivity contribution in [2.24, 2.45) is 0 Å². The van der Waals surface area contributed by atoms with Crippen LogP contribution in [0.1, 0.15) is 59.3 Å². The van der Waals surface area contributed by atoms with Crippen molar-refractivity contribution in [3.05, 3.63) is 0 Å². The van der Waals surface area contributed by atoms with Crippen LogP contribution in [-0.2, 0) is 0 Å². The van der Waals surface area contributed by atoms with Gasteiger partial charge in [0.05, 0.1) is 0 Å². The zero-order valence-electron chi connectivity index (χ0n) is 10.2. The lowest BCUT2D eigenvalue weighted by atomic mass is 9.79. The molecule has 0 spiro atoms. The van der Waals surface area contributed by atoms with E-state index in [2.05, 4.69) is 25.9 Å². The van der Waals surface area contributed by atoms with Crippen LogP contribution >= 0.6 is 0 Å². The fourth-order valence-corrected chi connectivity index (χ4v) is 2.33. The first-order chi connectivity index (χ1) is 6.21. The molecule has 0 amide bonds. The second kappa shape index (κ2) is 6.42. The molecule has 1 saturated carbocycles. The fourth-order valence-electron chi connectivity index (χ4n) is 2.33. The molecule has 13 heavy (non-hydrogen) atoms. The molecule has 0 aromatic rings. The Bertz CT molecular complexity index is 112. The van der Waals surface area contributed by atoms with Crippen molar-refractivity contribution in [1.82, 2.24) is 4.90 Å². The molecule has 0 N–H and O–H groups in total. The van der Waals surface area contributed by atoms with Gasteiger partial charge in [-0.25, -0.2) is 0 Å². The second-order valence-corrected chi connectivity index (χ2v) is 4.03. The number of rotatable bonds is 2. The van der Waals surface area contributed by atoms with Crippen molar-refractivity contribution in [3.63, 3.8) is 0 Å². The Kier molecular flexibility index (Phi) is 6.40. The van der Waals surface area contributed by atoms with Gasteiger partial charge >= 0.3 is 0 Å². The maximum atomic E-state index is 2.44. The molecule has 0 bridgehead atoms. The van der Waals surface area contributed by atoms with Gasteiger partial charge in [-0.3, -0.25) is 0 Å². The predicted octanol–water partition coefficient (Wildman–Crippen LogP) is 3.69. The van der Waals surface area contributed by atoms with Crippen molar-refractivity contribution in [2.75, 3.05) is 14.1 Å². The average molecular weight is 185 g/mol. The molecule has 1 heteroatoms. The van der Waals surface area contributed by atoms with Gasteiger partial charge in [-0.15, -0.1) is 0 Å². The second-order valence-electron chi connectivity index (χ2n) is 4.03. The molecule has 0 aromatic carbocycles. The standard InChI is InChI=1S/C10H21N.C2H6/c1-4-10(11(2)3)8-6-5-7-9-10;1-2/h4-9H2,1-3H3;1-2H3. The van der Waals surface area contributed by atoms with Crippen LogP contribution in [0.2, 0.25) is 0 Å². The summed E-state index contributed by atoms with van der Waals surface area (Å²) in [7, 11) is 4.46. The Balaban J connectivity index is 0.000000671. The van der Waals surface area contributed by atoms with E-state index < -0.39 is 0 Å². The third-order valence-corrected chi connectivity index (χ3v) is 3.39. The Morgan fingerprint density at radius 2 is 1.46 bits per heavy atom. The smallest absolute Gasteiger partial charge is 0.0200 e. The van der Waals surface area contributed by atoms with Crippen LogP contribution in [0.5, 0.6) is 0 Å². The predicted molar refractivity (Wildman–Crippen MR) is 61.1 cm³/mol. The molecular formula is C12H27N. The molecule has 0 saturated heterocycles. The summed E-state index contributed by atoms with van der Waals surface area (Å²) >= 11 is 0. The summed E-state index contributed by atoms with van der Waals surface area (Å²) in [5.74, 6) is 0. The third kappa shape index (κ3) is 3.30. The van der Waals surface area contributed by atoms with Gasteiger partial charge < -0.3 is 4.90 Å². The molecule has 1 aliphatic rings. The van der Waals surface area contributed by atoms with Gasteiger partial charge in [0.15, 0.2) is 0 Å². The van der Waals surface area contributed by atoms with Crippen LogP contribution in [0, 0.1) is 0 Å². The van der Waals surface area contributed by atoms with E-state index in [1.165, 1.54) is 38.5 Å². The van der Waals surface area contributed by atoms with Crippen molar-refractivity contribution in [1.29, 1.82) is 0 Å². The highest BCUT2D eigenvalue weighted by Crippen LogP contribution is 2.34. The number of nitrogens with zero attached hydrogens (tertiary/aromatic N) is 1. The molecule has 0 aliphatic heterocycles. The van der Waals surface area contributed by atoms with E-state index in [9.17, 15) is 0 Å². The lowest BCUT2D eigenvalue weighted by molar-refractivity contribution is 0.0958. The Hall–Kier alpha value is -0.0400. The van der Waals surface area contributed by atoms with E-state index in [0.717, 1.165) is 0 Å². The normalized spacial score (nSPS) is 20.8. The van der Waals surface area contributed by atoms with Crippen LogP contribution < -0.4 is 0 Å². The molecule has 0 atom stereocenters. The highest BCUT2D eigenvalue weighted by atomic mass is 15.1. The zero-order chi connectivity index (χ0) is 10.3. The van der Waals surface area contributed by atoms with Crippen molar-refractivity contribution < 1.29 is 0 Å². The first-order valence-electron chi connectivity index (χ1n) is 5.89. The highest BCUT2D eigenvalue weighted by molar-refractivity contribution is 4.88. The summed E-state index contributed by atoms with van der Waals surface area (Å²) in [6.07, 6.45) is 8.47. The monoisotopic (exact) mass is 185 g/mol. The van der Waals surface area contributed by atoms with E-state index >= 15 is 0 Å². The molecule has 80 valence electrons. The number of hydrogen-bond donors (Lipinski definition) is 0. The Labute approximate surface area is 84.5 Å². The molecule has 0 heterocycles. The first kappa shape index (κ1) is 13.0. The first-order valence-corrected chi connectivity index (χ1v) is 5.89. The van der Waals surface area contributed by atoms with Gasteiger partial charge in [0.1, 0.15) is 0 Å². The van der Waals surface area contributed by atoms with Gasteiger partial charge in [0.25, 0.3) is 0 Å². The summed E-state index contributed by atoms with van der Waals surface area (Å²) < 4.78 is 0. The summed E-state index contributed by atoms with van der Waals surface area (Å²) in [6, 6.07) is 0. The summed E-state index contributed by atoms with van der Waals surface area (Å²) in [5.41, 5.74) is 0.554. The van der Waals surface area contributed by atoms with Gasteiger partial charge in [0, 0.05) is 5.54 Å². The zero-order valence-corrected chi connectivity index (χ0v) is 10.2. The van der Waals surface area contributed by atoms with E-state index in [0.29, 0.717) is 5.54 Å². The Morgan fingerprint density at radius 1 is 1.00 bits per heavy atom. The summed E-state index contributed by atoms with van der Waals surface area (Å²) in [5, 5.41) is 0. The maximum absolute atomic E-state index is 2.44. The summed E-state index contributed by atoms with van der Waals surface area (Å²) in [6.45, 7) is 6.32. The van der Waals surface area contributed by atoms with E-state index in [-0.39, 0.29) is 0 Å². The van der Waals surface area contributed by atoms with E-state index in [4.69, 9.17) is 0 Å². The highest BCUT2D eigenvalue weighted by Gasteiger charge is 2.31. The third-order valence-electron chi connectivity index (χ3n) is 3.39. The SMILES string of the molecule is CC.CCC1(N(C)C)CCCCC1. The molecule has 1 aliphatic carbocycles. The molecule has 0 aromatic heterocycles. The van der Waals surface area contributed by atoms with Gasteiger partial charge in [0.2, 0.25) is 0 Å². The largest absolute Gasteiger partial charge is 0.304 e. The van der Waals surface area contributed by atoms with Gasteiger partial charge in [-0.2, -0.15) is 0 Å². The minimum atomic E-state index is 0.554. The van der Waals surface area contributed by atoms with Crippen LogP contribution in [0.3, 0.4) is 0 Å². The minimum Gasteiger partial charge on any atom is -0.304 e. The average Bonchev–Trinajstić information content (AvgIpc) is 2.21. The van der Waals surface area contributed by atoms with Crippen molar-refractivity contribution >= 4 is 0 Å². The number of hydrogen-bond acceptors (Lipinski definition) is 1. The molecular weight excluding hydrogens is 158 g/mol. The van der Waals surface area contributed by atoms with E-state index in [1.807, 2.05) is 13.8 Å². The molecule has 0 unspecified atom stereocenters. The molecule has 0 radical (unpaired) electrons. The lowest BCUT2D eigenvalue weighted by Crippen LogP contribution is -2.45. The Morgan fingerprint density at radius 3 is 1.69 bits per heavy atom. The van der Waals surface area contributed by atoms with E-state index in [1.54, 1.807) is 0 Å². The quantitative estimate of drug-likeness (QED) is 0.634. The van der Waals surface area contributed by atoms with Crippen LogP contribution in [-0.4, -0.2) is 24.5 Å². The molecule has 1 nitrogen and oxygen atoms in total. The van der Waals surface area contributed by atoms with Crippen LogP contribution in [0.25, 0.3) is 0 Å². The van der Waals surface area contributed by atoms with Crippen LogP contribution in [0.4, 0.5) is 0 Å². The van der Waals surface area contributed by atoms with Gasteiger partial charge in [-0.05, 0) is 33.4 Å². The molecule has 1 rings (SSSR count). The van der Waals surface area contributed by atoms with Crippen LogP contribution in [0.15, 0.2) is 0 Å². The van der Waals surface area contributed by atoms with Gasteiger partial charge in [-0.1, -0.05) is 40.0 Å². The maximum Gasteiger partial charge on any atom is 0.0200 e. The lowest BCUT2D eigenvalue weighted by Gasteiger charge is -2.42. The van der Waals surface area contributed by atoms with Crippen molar-refractivity contribution in [2.45, 2.75) is 64.8 Å². The summed E-state index contributed by atoms with van der Waals surface area (Å²) in [4.78, 5) is 2.44. The topological polar surface area (TPSA) is 3.24 Å². The minimum absolute atomic E-state index is 0.554. The molecule has 1 fully saturated rings.